The van der Waals surface area contributed by atoms with Crippen LogP contribution in [-0.2, 0) is 24.1 Å². The minimum absolute atomic E-state index is 0.0272. The van der Waals surface area contributed by atoms with E-state index >= 15 is 0 Å². The van der Waals surface area contributed by atoms with Crippen molar-refractivity contribution in [3.63, 3.8) is 0 Å². The molecule has 1 aliphatic carbocycles. The van der Waals surface area contributed by atoms with E-state index in [1.807, 2.05) is 4.90 Å². The van der Waals surface area contributed by atoms with Crippen molar-refractivity contribution < 1.29 is 26.7 Å². The van der Waals surface area contributed by atoms with Gasteiger partial charge in [-0.05, 0) is 25.0 Å². The molecule has 162 valence electrons. The van der Waals surface area contributed by atoms with Gasteiger partial charge >= 0.3 is 6.18 Å². The lowest BCUT2D eigenvalue weighted by Gasteiger charge is -2.35. The Labute approximate surface area is 170 Å². The quantitative estimate of drug-likeness (QED) is 0.686. The van der Waals surface area contributed by atoms with E-state index in [1.165, 1.54) is 16.8 Å². The summed E-state index contributed by atoms with van der Waals surface area (Å²) in [6.45, 7) is 1.64. The van der Waals surface area contributed by atoms with E-state index in [9.17, 15) is 26.7 Å². The van der Waals surface area contributed by atoms with Crippen LogP contribution in [0.25, 0.3) is 0 Å². The third-order valence-electron chi connectivity index (χ3n) is 5.53. The molecule has 10 heteroatoms. The second-order valence-electron chi connectivity index (χ2n) is 7.75. The van der Waals surface area contributed by atoms with Crippen LogP contribution in [0.1, 0.15) is 35.7 Å². The predicted molar refractivity (Wildman–Crippen MR) is 97.4 cm³/mol. The predicted octanol–water partition coefficient (Wildman–Crippen LogP) is 3.40. The average Bonchev–Trinajstić information content (AvgIpc) is 3.45. The molecule has 1 aliphatic heterocycles. The molecule has 1 saturated heterocycles. The average molecular weight is 428 g/mol. The van der Waals surface area contributed by atoms with Gasteiger partial charge in [0.1, 0.15) is 6.54 Å². The SMILES string of the molecule is O=C(Cn1nc(C(F)(F)F)cc1C1CC1)N1CCN(Cc2cccc(F)c2F)CC1. The molecule has 30 heavy (non-hydrogen) atoms. The van der Waals surface area contributed by atoms with Crippen LogP contribution in [0.2, 0.25) is 0 Å². The summed E-state index contributed by atoms with van der Waals surface area (Å²) in [5.41, 5.74) is -0.268. The number of piperazine rings is 1. The van der Waals surface area contributed by atoms with Gasteiger partial charge in [-0.25, -0.2) is 8.78 Å². The number of aromatic nitrogens is 2. The van der Waals surface area contributed by atoms with E-state index in [1.54, 1.807) is 4.90 Å². The summed E-state index contributed by atoms with van der Waals surface area (Å²) in [6.07, 6.45) is -2.95. The zero-order chi connectivity index (χ0) is 21.5. The van der Waals surface area contributed by atoms with Crippen molar-refractivity contribution in [2.45, 2.75) is 38.0 Å². The van der Waals surface area contributed by atoms with Crippen LogP contribution in [0, 0.1) is 11.6 Å². The molecule has 4 rings (SSSR count). The van der Waals surface area contributed by atoms with Gasteiger partial charge in [0.15, 0.2) is 17.3 Å². The third-order valence-corrected chi connectivity index (χ3v) is 5.53. The van der Waals surface area contributed by atoms with Crippen LogP contribution in [0.5, 0.6) is 0 Å². The highest BCUT2D eigenvalue weighted by atomic mass is 19.4. The van der Waals surface area contributed by atoms with Gasteiger partial charge in [0.05, 0.1) is 0 Å². The van der Waals surface area contributed by atoms with E-state index in [0.717, 1.165) is 25.0 Å². The number of nitrogens with zero attached hydrogens (tertiary/aromatic N) is 4. The first-order chi connectivity index (χ1) is 14.2. The van der Waals surface area contributed by atoms with Crippen LogP contribution >= 0.6 is 0 Å². The maximum absolute atomic E-state index is 13.8. The van der Waals surface area contributed by atoms with E-state index in [2.05, 4.69) is 5.10 Å². The number of carbonyl (C=O) groups excluding carboxylic acids is 1. The first-order valence-corrected chi connectivity index (χ1v) is 9.80. The van der Waals surface area contributed by atoms with Gasteiger partial charge in [0.2, 0.25) is 5.91 Å². The van der Waals surface area contributed by atoms with Crippen LogP contribution in [0.4, 0.5) is 22.0 Å². The number of hydrogen-bond donors (Lipinski definition) is 0. The van der Waals surface area contributed by atoms with Crippen LogP contribution in [0.3, 0.4) is 0 Å². The molecule has 2 aliphatic rings. The van der Waals surface area contributed by atoms with Gasteiger partial charge < -0.3 is 4.90 Å². The molecular weight excluding hydrogens is 407 g/mol. The number of benzene rings is 1. The summed E-state index contributed by atoms with van der Waals surface area (Å²) in [7, 11) is 0. The lowest BCUT2D eigenvalue weighted by atomic mass is 10.1. The molecule has 5 nitrogen and oxygen atoms in total. The van der Waals surface area contributed by atoms with Crippen LogP contribution in [-0.4, -0.2) is 51.7 Å². The maximum Gasteiger partial charge on any atom is 0.435 e. The molecule has 0 N–H and O–H groups in total. The molecule has 1 saturated carbocycles. The monoisotopic (exact) mass is 428 g/mol. The van der Waals surface area contributed by atoms with Crippen LogP contribution < -0.4 is 0 Å². The normalized spacial score (nSPS) is 18.1. The minimum Gasteiger partial charge on any atom is -0.339 e. The number of amides is 1. The van der Waals surface area contributed by atoms with Crippen LogP contribution in [0.15, 0.2) is 24.3 Å². The Morgan fingerprint density at radius 3 is 2.43 bits per heavy atom. The summed E-state index contributed by atoms with van der Waals surface area (Å²) < 4.78 is 67.4. The summed E-state index contributed by atoms with van der Waals surface area (Å²) in [5.74, 6) is -2.04. The Morgan fingerprint density at radius 2 is 1.80 bits per heavy atom. The molecule has 0 unspecified atom stereocenters. The van der Waals surface area contributed by atoms with E-state index in [4.69, 9.17) is 0 Å². The second kappa shape index (κ2) is 7.98. The molecule has 0 spiro atoms. The molecule has 2 heterocycles. The summed E-state index contributed by atoms with van der Waals surface area (Å²) >= 11 is 0. The molecule has 1 aromatic heterocycles. The first kappa shape index (κ1) is 20.8. The number of hydrogen-bond acceptors (Lipinski definition) is 3. The van der Waals surface area contributed by atoms with E-state index in [0.29, 0.717) is 31.9 Å². The van der Waals surface area contributed by atoms with Crippen molar-refractivity contribution in [3.05, 3.63) is 52.9 Å². The summed E-state index contributed by atoms with van der Waals surface area (Å²) in [6, 6.07) is 5.07. The number of carbonyl (C=O) groups is 1. The topological polar surface area (TPSA) is 41.4 Å². The number of rotatable bonds is 5. The van der Waals surface area contributed by atoms with Gasteiger partial charge in [-0.2, -0.15) is 18.3 Å². The summed E-state index contributed by atoms with van der Waals surface area (Å²) in [5, 5.41) is 3.62. The molecule has 1 aromatic carbocycles. The zero-order valence-electron chi connectivity index (χ0n) is 16.1. The lowest BCUT2D eigenvalue weighted by Crippen LogP contribution is -2.49. The van der Waals surface area contributed by atoms with Gasteiger partial charge in [0.25, 0.3) is 0 Å². The molecular formula is C20H21F5N4O. The minimum atomic E-state index is -4.55. The van der Waals surface area contributed by atoms with Crippen molar-refractivity contribution in [2.75, 3.05) is 26.2 Å². The maximum atomic E-state index is 13.8. The smallest absolute Gasteiger partial charge is 0.339 e. The fraction of sp³-hybridized carbons (Fsp3) is 0.500. The Kier molecular flexibility index (Phi) is 5.52. The second-order valence-corrected chi connectivity index (χ2v) is 7.75. The highest BCUT2D eigenvalue weighted by Gasteiger charge is 2.38. The van der Waals surface area contributed by atoms with Gasteiger partial charge in [-0.3, -0.25) is 14.4 Å². The van der Waals surface area contributed by atoms with E-state index < -0.39 is 23.5 Å². The van der Waals surface area contributed by atoms with Crippen molar-refractivity contribution in [1.29, 1.82) is 0 Å². The molecule has 1 amide bonds. The molecule has 0 atom stereocenters. The number of halogens is 5. The highest BCUT2D eigenvalue weighted by molar-refractivity contribution is 5.76. The summed E-state index contributed by atoms with van der Waals surface area (Å²) in [4.78, 5) is 16.1. The fourth-order valence-electron chi connectivity index (χ4n) is 3.70. The Balaban J connectivity index is 1.36. The van der Waals surface area contributed by atoms with Crippen molar-refractivity contribution in [1.82, 2.24) is 19.6 Å². The van der Waals surface area contributed by atoms with Crippen molar-refractivity contribution >= 4 is 5.91 Å². The van der Waals surface area contributed by atoms with Gasteiger partial charge in [-0.15, -0.1) is 0 Å². The van der Waals surface area contributed by atoms with Gasteiger partial charge in [-0.1, -0.05) is 12.1 Å². The third kappa shape index (κ3) is 4.48. The van der Waals surface area contributed by atoms with Gasteiger partial charge in [0, 0.05) is 49.9 Å². The van der Waals surface area contributed by atoms with Crippen molar-refractivity contribution in [2.24, 2.45) is 0 Å². The Bertz CT molecular complexity index is 930. The molecule has 0 radical (unpaired) electrons. The Hall–Kier alpha value is -2.49. The zero-order valence-corrected chi connectivity index (χ0v) is 16.1. The fourth-order valence-corrected chi connectivity index (χ4v) is 3.70. The first-order valence-electron chi connectivity index (χ1n) is 9.80. The van der Waals surface area contributed by atoms with E-state index in [-0.39, 0.29) is 30.5 Å². The molecule has 0 bridgehead atoms. The molecule has 2 fully saturated rings. The highest BCUT2D eigenvalue weighted by Crippen LogP contribution is 2.42. The number of alkyl halides is 3. The molecule has 2 aromatic rings. The Morgan fingerprint density at radius 1 is 1.10 bits per heavy atom. The lowest BCUT2D eigenvalue weighted by molar-refractivity contribution is -0.142. The largest absolute Gasteiger partial charge is 0.435 e. The van der Waals surface area contributed by atoms with Crippen molar-refractivity contribution in [3.8, 4) is 0 Å². The standard InChI is InChI=1S/C20H21F5N4O/c21-15-3-1-2-14(19(15)22)11-27-6-8-28(9-7-27)18(30)12-29-16(13-4-5-13)10-17(26-29)20(23,24)25/h1-3,10,13H,4-9,11-12H2.